The van der Waals surface area contributed by atoms with Crippen molar-refractivity contribution in [2.24, 2.45) is 5.92 Å². The molecule has 2 N–H and O–H groups in total. The lowest BCUT2D eigenvalue weighted by Gasteiger charge is -2.30. The van der Waals surface area contributed by atoms with E-state index in [9.17, 15) is 14.4 Å². The molecule has 0 radical (unpaired) electrons. The van der Waals surface area contributed by atoms with Gasteiger partial charge in [0, 0.05) is 49.4 Å². The van der Waals surface area contributed by atoms with Crippen LogP contribution in [-0.4, -0.2) is 61.9 Å². The van der Waals surface area contributed by atoms with Gasteiger partial charge in [0.05, 0.1) is 18.8 Å². The number of para-hydroxylation sites is 1. The fourth-order valence-corrected chi connectivity index (χ4v) is 4.54. The Hall–Kier alpha value is -3.62. The number of carbonyl (C=O) groups excluding carboxylic acids is 3. The third-order valence-corrected chi connectivity index (χ3v) is 6.41. The van der Waals surface area contributed by atoms with E-state index in [2.05, 4.69) is 15.4 Å². The molecule has 3 aromatic rings. The van der Waals surface area contributed by atoms with Crippen LogP contribution < -0.4 is 5.32 Å². The zero-order chi connectivity index (χ0) is 22.2. The largest absolute Gasteiger partial charge is 0.351 e. The Morgan fingerprint density at radius 3 is 2.56 bits per heavy atom. The molecule has 9 nitrogen and oxygen atoms in total. The Bertz CT molecular complexity index is 1150. The predicted octanol–water partition coefficient (Wildman–Crippen LogP) is 2.22. The number of carbonyl (C=O) groups is 3. The number of nitrogens with zero attached hydrogens (tertiary/aromatic N) is 4. The van der Waals surface area contributed by atoms with Crippen LogP contribution in [0.4, 0.5) is 5.82 Å². The van der Waals surface area contributed by atoms with E-state index in [1.165, 1.54) is 0 Å². The molecule has 2 aliphatic heterocycles. The van der Waals surface area contributed by atoms with Crippen LogP contribution in [0.5, 0.6) is 0 Å². The molecule has 1 saturated heterocycles. The van der Waals surface area contributed by atoms with Crippen LogP contribution in [-0.2, 0) is 22.7 Å². The first-order valence-corrected chi connectivity index (χ1v) is 11.0. The zero-order valence-corrected chi connectivity index (χ0v) is 18.0. The van der Waals surface area contributed by atoms with Crippen LogP contribution >= 0.6 is 0 Å². The fourth-order valence-electron chi connectivity index (χ4n) is 4.54. The zero-order valence-electron chi connectivity index (χ0n) is 18.0. The number of hydrogen-bond donors (Lipinski definition) is 2. The molecule has 0 spiro atoms. The average molecular weight is 435 g/mol. The van der Waals surface area contributed by atoms with E-state index in [4.69, 9.17) is 0 Å². The summed E-state index contributed by atoms with van der Waals surface area (Å²) in [5.41, 5.74) is 2.41. The van der Waals surface area contributed by atoms with Gasteiger partial charge in [-0.3, -0.25) is 19.1 Å². The minimum Gasteiger partial charge on any atom is -0.351 e. The maximum atomic E-state index is 13.0. The molecule has 3 amide bonds. The first kappa shape index (κ1) is 20.3. The van der Waals surface area contributed by atoms with E-state index in [1.54, 1.807) is 16.7 Å². The summed E-state index contributed by atoms with van der Waals surface area (Å²) in [5, 5.41) is 8.44. The first-order chi connectivity index (χ1) is 15.5. The number of piperidine rings is 1. The van der Waals surface area contributed by atoms with E-state index in [0.29, 0.717) is 57.1 Å². The van der Waals surface area contributed by atoms with E-state index < -0.39 is 0 Å². The minimum atomic E-state index is -0.121. The SMILES string of the molecule is CC(=O)N1CCC(C(=O)Nc2cc3n(n2)CCN(C(=O)c2cc4ccccc4[nH]2)C3)CC1. The standard InChI is InChI=1S/C23H26N6O3/c1-15(30)27-8-6-16(7-9-27)22(31)25-21-13-18-14-28(10-11-29(18)26-21)23(32)20-12-17-4-2-3-5-19(17)24-20/h2-5,12-13,16,24H,6-11,14H2,1H3,(H,25,26,31). The van der Waals surface area contributed by atoms with Gasteiger partial charge in [-0.05, 0) is 25.0 Å². The second-order valence-electron chi connectivity index (χ2n) is 8.51. The number of H-pyrrole nitrogens is 1. The van der Waals surface area contributed by atoms with Crippen LogP contribution in [0, 0.1) is 5.92 Å². The molecule has 0 aliphatic carbocycles. The van der Waals surface area contributed by atoms with Crippen molar-refractivity contribution in [1.29, 1.82) is 0 Å². The molecule has 1 fully saturated rings. The molecule has 9 heteroatoms. The molecular weight excluding hydrogens is 408 g/mol. The van der Waals surface area contributed by atoms with Crippen molar-refractivity contribution in [1.82, 2.24) is 24.6 Å². The van der Waals surface area contributed by atoms with Gasteiger partial charge in [-0.2, -0.15) is 5.10 Å². The number of hydrogen-bond acceptors (Lipinski definition) is 4. The van der Waals surface area contributed by atoms with Gasteiger partial charge < -0.3 is 20.1 Å². The van der Waals surface area contributed by atoms with Crippen molar-refractivity contribution in [3.8, 4) is 0 Å². The number of nitrogens with one attached hydrogen (secondary N) is 2. The summed E-state index contributed by atoms with van der Waals surface area (Å²) in [6.45, 7) is 4.35. The number of likely N-dealkylation sites (tertiary alicyclic amines) is 1. The smallest absolute Gasteiger partial charge is 0.270 e. The van der Waals surface area contributed by atoms with Gasteiger partial charge in [-0.15, -0.1) is 0 Å². The molecular formula is C23H26N6O3. The Kier molecular flexibility index (Phi) is 5.16. The lowest BCUT2D eigenvalue weighted by molar-refractivity contribution is -0.132. The molecule has 0 atom stereocenters. The number of aromatic nitrogens is 3. The van der Waals surface area contributed by atoms with Gasteiger partial charge in [0.2, 0.25) is 11.8 Å². The highest BCUT2D eigenvalue weighted by Crippen LogP contribution is 2.23. The van der Waals surface area contributed by atoms with E-state index >= 15 is 0 Å². The van der Waals surface area contributed by atoms with Gasteiger partial charge in [0.25, 0.3) is 5.91 Å². The van der Waals surface area contributed by atoms with Crippen molar-refractivity contribution in [3.63, 3.8) is 0 Å². The molecule has 0 unspecified atom stereocenters. The number of amides is 3. The first-order valence-electron chi connectivity index (χ1n) is 11.0. The van der Waals surface area contributed by atoms with Gasteiger partial charge in [-0.1, -0.05) is 18.2 Å². The molecule has 166 valence electrons. The van der Waals surface area contributed by atoms with Crippen LogP contribution in [0.1, 0.15) is 35.9 Å². The molecule has 32 heavy (non-hydrogen) atoms. The number of benzene rings is 1. The number of anilines is 1. The predicted molar refractivity (Wildman–Crippen MR) is 119 cm³/mol. The van der Waals surface area contributed by atoms with Gasteiger partial charge in [-0.25, -0.2) is 0 Å². The van der Waals surface area contributed by atoms with Crippen LogP contribution in [0.2, 0.25) is 0 Å². The molecule has 5 rings (SSSR count). The molecule has 0 bridgehead atoms. The summed E-state index contributed by atoms with van der Waals surface area (Å²) in [5.74, 6) is 0.339. The summed E-state index contributed by atoms with van der Waals surface area (Å²) in [7, 11) is 0. The third-order valence-electron chi connectivity index (χ3n) is 6.41. The van der Waals surface area contributed by atoms with Crippen molar-refractivity contribution in [3.05, 3.63) is 47.8 Å². The molecule has 2 aromatic heterocycles. The highest BCUT2D eigenvalue weighted by Gasteiger charge is 2.28. The van der Waals surface area contributed by atoms with Crippen LogP contribution in [0.25, 0.3) is 10.9 Å². The van der Waals surface area contributed by atoms with Gasteiger partial charge >= 0.3 is 0 Å². The highest BCUT2D eigenvalue weighted by molar-refractivity contribution is 5.98. The maximum Gasteiger partial charge on any atom is 0.270 e. The fraction of sp³-hybridized carbons (Fsp3) is 0.391. The summed E-state index contributed by atoms with van der Waals surface area (Å²) < 4.78 is 1.85. The van der Waals surface area contributed by atoms with E-state index in [1.807, 2.05) is 41.1 Å². The quantitative estimate of drug-likeness (QED) is 0.660. The van der Waals surface area contributed by atoms with Gasteiger partial charge in [0.15, 0.2) is 5.82 Å². The summed E-state index contributed by atoms with van der Waals surface area (Å²) in [6, 6.07) is 11.5. The van der Waals surface area contributed by atoms with E-state index in [0.717, 1.165) is 16.6 Å². The van der Waals surface area contributed by atoms with Gasteiger partial charge in [0.1, 0.15) is 5.69 Å². The Morgan fingerprint density at radius 2 is 1.81 bits per heavy atom. The van der Waals surface area contributed by atoms with E-state index in [-0.39, 0.29) is 23.6 Å². The van der Waals surface area contributed by atoms with Crippen molar-refractivity contribution >= 4 is 34.4 Å². The van der Waals surface area contributed by atoms with Crippen LogP contribution in [0.3, 0.4) is 0 Å². The maximum absolute atomic E-state index is 13.0. The second kappa shape index (κ2) is 8.14. The van der Waals surface area contributed by atoms with Crippen molar-refractivity contribution in [2.45, 2.75) is 32.9 Å². The third kappa shape index (κ3) is 3.86. The number of fused-ring (bicyclic) bond motifs is 2. The Balaban J connectivity index is 1.22. The molecule has 2 aliphatic rings. The lowest BCUT2D eigenvalue weighted by Crippen LogP contribution is -2.40. The molecule has 4 heterocycles. The topological polar surface area (TPSA) is 103 Å². The van der Waals surface area contributed by atoms with Crippen LogP contribution in [0.15, 0.2) is 36.4 Å². The highest BCUT2D eigenvalue weighted by atomic mass is 16.2. The van der Waals surface area contributed by atoms with Crippen molar-refractivity contribution in [2.75, 3.05) is 25.0 Å². The summed E-state index contributed by atoms with van der Waals surface area (Å²) >= 11 is 0. The Labute approximate surface area is 185 Å². The number of rotatable bonds is 3. The molecule has 0 saturated carbocycles. The summed E-state index contributed by atoms with van der Waals surface area (Å²) in [4.78, 5) is 43.9. The molecule has 1 aromatic carbocycles. The normalized spacial score (nSPS) is 16.8. The summed E-state index contributed by atoms with van der Waals surface area (Å²) in [6.07, 6.45) is 1.32. The number of aromatic amines is 1. The monoisotopic (exact) mass is 434 g/mol. The lowest BCUT2D eigenvalue weighted by atomic mass is 9.96. The van der Waals surface area contributed by atoms with Crippen molar-refractivity contribution < 1.29 is 14.4 Å². The Morgan fingerprint density at radius 1 is 1.03 bits per heavy atom. The average Bonchev–Trinajstić information content (AvgIpc) is 3.41. The second-order valence-corrected chi connectivity index (χ2v) is 8.51. The minimum absolute atomic E-state index is 0.0449.